The molecule has 0 spiro atoms. The molecule has 118 valence electrons. The number of aliphatic imine (C=N–C) groups is 1. The molecule has 0 aliphatic rings. The van der Waals surface area contributed by atoms with Crippen LogP contribution in [0, 0.1) is 0 Å². The fraction of sp³-hybridized carbons (Fsp3) is 0.400. The lowest BCUT2D eigenvalue weighted by Crippen LogP contribution is -2.38. The number of ether oxygens (including phenoxy) is 1. The Morgan fingerprint density at radius 1 is 1.41 bits per heavy atom. The first kappa shape index (κ1) is 15.8. The smallest absolute Gasteiger partial charge is 0.194 e. The second-order valence-corrected chi connectivity index (χ2v) is 4.87. The molecule has 2 rings (SSSR count). The van der Waals surface area contributed by atoms with E-state index in [1.54, 1.807) is 25.2 Å². The molecule has 0 saturated heterocycles. The van der Waals surface area contributed by atoms with E-state index in [4.69, 9.17) is 4.74 Å². The van der Waals surface area contributed by atoms with Crippen molar-refractivity contribution in [2.24, 2.45) is 12.0 Å². The number of para-hydroxylation sites is 1. The highest BCUT2D eigenvalue weighted by Crippen LogP contribution is 2.18. The Balaban J connectivity index is 2.00. The lowest BCUT2D eigenvalue weighted by molar-refractivity contribution is 0.395. The number of hydrogen-bond acceptors (Lipinski definition) is 4. The number of methoxy groups -OCH3 is 1. The Kier molecular flexibility index (Phi) is 5.35. The van der Waals surface area contributed by atoms with Crippen LogP contribution in [0.1, 0.15) is 11.4 Å². The zero-order valence-electron chi connectivity index (χ0n) is 13.4. The zero-order valence-corrected chi connectivity index (χ0v) is 13.4. The zero-order chi connectivity index (χ0) is 15.9. The predicted molar refractivity (Wildman–Crippen MR) is 85.7 cm³/mol. The molecule has 1 N–H and O–H groups in total. The number of aryl methyl sites for hydroxylation is 1. The van der Waals surface area contributed by atoms with Gasteiger partial charge in [-0.25, -0.2) is 4.98 Å². The van der Waals surface area contributed by atoms with Gasteiger partial charge in [0.05, 0.1) is 13.7 Å². The third-order valence-electron chi connectivity index (χ3n) is 3.38. The van der Waals surface area contributed by atoms with Crippen LogP contribution in [0.15, 0.2) is 35.6 Å². The number of guanidine groups is 1. The molecule has 1 heterocycles. The van der Waals surface area contributed by atoms with Gasteiger partial charge in [-0.3, -0.25) is 9.67 Å². The van der Waals surface area contributed by atoms with Gasteiger partial charge in [0.1, 0.15) is 17.9 Å². The lowest BCUT2D eigenvalue weighted by atomic mass is 10.2. The molecule has 0 atom stereocenters. The molecule has 22 heavy (non-hydrogen) atoms. The van der Waals surface area contributed by atoms with Gasteiger partial charge < -0.3 is 15.0 Å². The summed E-state index contributed by atoms with van der Waals surface area (Å²) in [6.07, 6.45) is 1.54. The van der Waals surface area contributed by atoms with Crippen LogP contribution in [-0.2, 0) is 20.1 Å². The van der Waals surface area contributed by atoms with Crippen molar-refractivity contribution in [2.45, 2.75) is 13.1 Å². The normalized spacial score (nSPS) is 11.4. The van der Waals surface area contributed by atoms with Gasteiger partial charge in [0.15, 0.2) is 5.96 Å². The average Bonchev–Trinajstić information content (AvgIpc) is 2.94. The molecule has 7 heteroatoms. The molecule has 0 aliphatic heterocycles. The van der Waals surface area contributed by atoms with Crippen LogP contribution in [0.3, 0.4) is 0 Å². The first-order valence-corrected chi connectivity index (χ1v) is 7.02. The highest BCUT2D eigenvalue weighted by atomic mass is 16.5. The Morgan fingerprint density at radius 2 is 2.18 bits per heavy atom. The molecule has 0 saturated carbocycles. The molecule has 0 aliphatic carbocycles. The highest BCUT2D eigenvalue weighted by molar-refractivity contribution is 5.79. The largest absolute Gasteiger partial charge is 0.496 e. The Bertz CT molecular complexity index is 636. The van der Waals surface area contributed by atoms with E-state index in [1.807, 2.05) is 43.3 Å². The molecule has 0 fully saturated rings. The summed E-state index contributed by atoms with van der Waals surface area (Å²) in [7, 11) is 7.29. The van der Waals surface area contributed by atoms with Gasteiger partial charge in [-0.05, 0) is 6.07 Å². The first-order valence-electron chi connectivity index (χ1n) is 7.02. The summed E-state index contributed by atoms with van der Waals surface area (Å²) in [6, 6.07) is 7.97. The molecular formula is C15H22N6O. The summed E-state index contributed by atoms with van der Waals surface area (Å²) in [5, 5.41) is 7.33. The fourth-order valence-electron chi connectivity index (χ4n) is 2.19. The summed E-state index contributed by atoms with van der Waals surface area (Å²) >= 11 is 0. The minimum absolute atomic E-state index is 0.569. The summed E-state index contributed by atoms with van der Waals surface area (Å²) in [5.74, 6) is 2.51. The van der Waals surface area contributed by atoms with E-state index < -0.39 is 0 Å². The second kappa shape index (κ2) is 7.44. The third-order valence-corrected chi connectivity index (χ3v) is 3.38. The molecule has 0 radical (unpaired) electrons. The highest BCUT2D eigenvalue weighted by Gasteiger charge is 2.10. The van der Waals surface area contributed by atoms with E-state index in [0.717, 1.165) is 23.1 Å². The number of benzene rings is 1. The Hall–Kier alpha value is -2.57. The average molecular weight is 302 g/mol. The molecular weight excluding hydrogens is 280 g/mol. The quantitative estimate of drug-likeness (QED) is 0.660. The number of nitrogens with zero attached hydrogens (tertiary/aromatic N) is 5. The van der Waals surface area contributed by atoms with E-state index in [2.05, 4.69) is 20.4 Å². The lowest BCUT2D eigenvalue weighted by Gasteiger charge is -2.22. The molecule has 1 aromatic carbocycles. The summed E-state index contributed by atoms with van der Waals surface area (Å²) in [5.41, 5.74) is 1.11. The SMILES string of the molecule is CN=C(NCc1ncnn1C)N(C)Cc1ccccc1OC. The fourth-order valence-corrected chi connectivity index (χ4v) is 2.19. The maximum absolute atomic E-state index is 5.39. The van der Waals surface area contributed by atoms with Gasteiger partial charge >= 0.3 is 0 Å². The van der Waals surface area contributed by atoms with E-state index >= 15 is 0 Å². The van der Waals surface area contributed by atoms with E-state index in [1.165, 1.54) is 0 Å². The summed E-state index contributed by atoms with van der Waals surface area (Å²) in [4.78, 5) is 10.5. The number of rotatable bonds is 5. The maximum atomic E-state index is 5.39. The van der Waals surface area contributed by atoms with Gasteiger partial charge in [-0.15, -0.1) is 0 Å². The number of aromatic nitrogens is 3. The molecule has 2 aromatic rings. The van der Waals surface area contributed by atoms with Crippen molar-refractivity contribution in [2.75, 3.05) is 21.2 Å². The minimum Gasteiger partial charge on any atom is -0.496 e. The van der Waals surface area contributed by atoms with Crippen molar-refractivity contribution in [1.29, 1.82) is 0 Å². The second-order valence-electron chi connectivity index (χ2n) is 4.87. The molecule has 1 aromatic heterocycles. The van der Waals surface area contributed by atoms with Crippen LogP contribution in [0.4, 0.5) is 0 Å². The van der Waals surface area contributed by atoms with E-state index in [9.17, 15) is 0 Å². The van der Waals surface area contributed by atoms with Crippen LogP contribution >= 0.6 is 0 Å². The predicted octanol–water partition coefficient (Wildman–Crippen LogP) is 1.03. The van der Waals surface area contributed by atoms with Gasteiger partial charge in [0.2, 0.25) is 0 Å². The summed E-state index contributed by atoms with van der Waals surface area (Å²) < 4.78 is 7.12. The number of nitrogens with one attached hydrogen (secondary N) is 1. The van der Waals surface area contributed by atoms with Crippen molar-refractivity contribution in [3.8, 4) is 5.75 Å². The first-order chi connectivity index (χ1) is 10.7. The van der Waals surface area contributed by atoms with Crippen LogP contribution in [0.5, 0.6) is 5.75 Å². The molecule has 7 nitrogen and oxygen atoms in total. The van der Waals surface area contributed by atoms with Crippen LogP contribution in [-0.4, -0.2) is 46.8 Å². The van der Waals surface area contributed by atoms with Crippen molar-refractivity contribution >= 4 is 5.96 Å². The third kappa shape index (κ3) is 3.75. The van der Waals surface area contributed by atoms with Crippen LogP contribution in [0.25, 0.3) is 0 Å². The van der Waals surface area contributed by atoms with E-state index in [-0.39, 0.29) is 0 Å². The monoisotopic (exact) mass is 302 g/mol. The van der Waals surface area contributed by atoms with Gasteiger partial charge in [-0.2, -0.15) is 5.10 Å². The number of hydrogen-bond donors (Lipinski definition) is 1. The summed E-state index contributed by atoms with van der Waals surface area (Å²) in [6.45, 7) is 1.27. The van der Waals surface area contributed by atoms with Crippen LogP contribution < -0.4 is 10.1 Å². The van der Waals surface area contributed by atoms with Gasteiger partial charge in [0.25, 0.3) is 0 Å². The maximum Gasteiger partial charge on any atom is 0.194 e. The van der Waals surface area contributed by atoms with Crippen LogP contribution in [0.2, 0.25) is 0 Å². The topological polar surface area (TPSA) is 67.6 Å². The Morgan fingerprint density at radius 3 is 2.82 bits per heavy atom. The minimum atomic E-state index is 0.569. The van der Waals surface area contributed by atoms with E-state index in [0.29, 0.717) is 13.1 Å². The van der Waals surface area contributed by atoms with Gasteiger partial charge in [0, 0.05) is 33.3 Å². The van der Waals surface area contributed by atoms with Crippen molar-refractivity contribution in [3.63, 3.8) is 0 Å². The van der Waals surface area contributed by atoms with Crippen molar-refractivity contribution < 1.29 is 4.74 Å². The van der Waals surface area contributed by atoms with Crippen molar-refractivity contribution in [1.82, 2.24) is 25.0 Å². The van der Waals surface area contributed by atoms with Crippen molar-refractivity contribution in [3.05, 3.63) is 42.0 Å². The molecule has 0 amide bonds. The van der Waals surface area contributed by atoms with Gasteiger partial charge in [-0.1, -0.05) is 18.2 Å². The Labute approximate surface area is 130 Å². The molecule has 0 bridgehead atoms. The standard InChI is InChI=1S/C15H22N6O/c1-16-15(17-9-14-18-11-19-21(14)3)20(2)10-12-7-5-6-8-13(12)22-4/h5-8,11H,9-10H2,1-4H3,(H,16,17). The molecule has 0 unspecified atom stereocenters.